The summed E-state index contributed by atoms with van der Waals surface area (Å²) in [6, 6.07) is 6.71. The van der Waals surface area contributed by atoms with E-state index in [1.807, 2.05) is 6.92 Å². The number of halogens is 1. The molecule has 0 amide bonds. The molecule has 2 saturated carbocycles. The van der Waals surface area contributed by atoms with Gasteiger partial charge < -0.3 is 10.1 Å². The zero-order valence-electron chi connectivity index (χ0n) is 13.2. The first-order valence-electron chi connectivity index (χ1n) is 8.24. The molecule has 2 bridgehead atoms. The first-order chi connectivity index (χ1) is 10.6. The third kappa shape index (κ3) is 2.89. The van der Waals surface area contributed by atoms with Crippen molar-refractivity contribution in [3.63, 3.8) is 0 Å². The molecule has 0 radical (unpaired) electrons. The minimum absolute atomic E-state index is 0.0332. The van der Waals surface area contributed by atoms with Crippen LogP contribution in [0.25, 0.3) is 0 Å². The Labute approximate surface area is 131 Å². The number of carbonyl (C=O) groups is 1. The predicted molar refractivity (Wildman–Crippen MR) is 82.5 cm³/mol. The minimum Gasteiger partial charge on any atom is -0.466 e. The predicted octanol–water partition coefficient (Wildman–Crippen LogP) is 3.14. The molecule has 0 heterocycles. The number of ether oxygens (including phenoxy) is 1. The van der Waals surface area contributed by atoms with Crippen LogP contribution in [0.2, 0.25) is 0 Å². The fourth-order valence-corrected chi connectivity index (χ4v) is 4.38. The molecule has 0 saturated heterocycles. The lowest BCUT2D eigenvalue weighted by Crippen LogP contribution is -2.46. The highest BCUT2D eigenvalue weighted by molar-refractivity contribution is 5.74. The van der Waals surface area contributed by atoms with Crippen LogP contribution in [0.5, 0.6) is 0 Å². The molecular formula is C18H24FNO2. The molecule has 2 aliphatic rings. The molecule has 5 atom stereocenters. The molecule has 3 nitrogen and oxygen atoms in total. The summed E-state index contributed by atoms with van der Waals surface area (Å²) < 4.78 is 18.3. The standard InChI is InChI=1S/C18H24FNO2/c1-3-22-18(21)16-15-9-13(8-11(15)2)17(16)20-10-12-4-6-14(19)7-5-12/h4-7,11,13,15-17,20H,3,8-10H2,1-2H3. The molecule has 0 aliphatic heterocycles. The van der Waals surface area contributed by atoms with Crippen molar-refractivity contribution in [2.45, 2.75) is 39.3 Å². The smallest absolute Gasteiger partial charge is 0.310 e. The van der Waals surface area contributed by atoms with Crippen molar-refractivity contribution in [3.8, 4) is 0 Å². The van der Waals surface area contributed by atoms with Crippen LogP contribution in [0, 0.1) is 29.5 Å². The molecule has 5 unspecified atom stereocenters. The van der Waals surface area contributed by atoms with Crippen molar-refractivity contribution >= 4 is 5.97 Å². The second kappa shape index (κ2) is 6.37. The van der Waals surface area contributed by atoms with Crippen LogP contribution >= 0.6 is 0 Å². The molecule has 4 heteroatoms. The van der Waals surface area contributed by atoms with E-state index in [2.05, 4.69) is 12.2 Å². The second-order valence-corrected chi connectivity index (χ2v) is 6.68. The Morgan fingerprint density at radius 2 is 2.05 bits per heavy atom. The van der Waals surface area contributed by atoms with Crippen molar-refractivity contribution in [2.24, 2.45) is 23.7 Å². The summed E-state index contributed by atoms with van der Waals surface area (Å²) in [5.74, 6) is 1.28. The lowest BCUT2D eigenvalue weighted by molar-refractivity contribution is -0.151. The van der Waals surface area contributed by atoms with Crippen molar-refractivity contribution < 1.29 is 13.9 Å². The van der Waals surface area contributed by atoms with E-state index in [1.165, 1.54) is 18.6 Å². The van der Waals surface area contributed by atoms with Crippen LogP contribution < -0.4 is 5.32 Å². The number of nitrogens with one attached hydrogen (secondary N) is 1. The molecule has 1 N–H and O–H groups in total. The van der Waals surface area contributed by atoms with Crippen molar-refractivity contribution in [3.05, 3.63) is 35.6 Å². The Kier molecular flexibility index (Phi) is 4.48. The zero-order valence-corrected chi connectivity index (χ0v) is 13.2. The Bertz CT molecular complexity index is 530. The summed E-state index contributed by atoms with van der Waals surface area (Å²) in [5, 5.41) is 3.54. The van der Waals surface area contributed by atoms with Gasteiger partial charge >= 0.3 is 5.97 Å². The fraction of sp³-hybridized carbons (Fsp3) is 0.611. The van der Waals surface area contributed by atoms with Crippen molar-refractivity contribution in [1.82, 2.24) is 5.32 Å². The van der Waals surface area contributed by atoms with E-state index in [9.17, 15) is 9.18 Å². The molecule has 2 fully saturated rings. The van der Waals surface area contributed by atoms with Gasteiger partial charge in [-0.2, -0.15) is 0 Å². The van der Waals surface area contributed by atoms with E-state index in [4.69, 9.17) is 4.74 Å². The lowest BCUT2D eigenvalue weighted by atomic mass is 9.78. The normalized spacial score (nSPS) is 33.1. The van der Waals surface area contributed by atoms with Crippen LogP contribution in [0.3, 0.4) is 0 Å². The van der Waals surface area contributed by atoms with E-state index in [0.29, 0.717) is 30.9 Å². The van der Waals surface area contributed by atoms with Crippen LogP contribution in [-0.2, 0) is 16.1 Å². The molecule has 3 rings (SSSR count). The quantitative estimate of drug-likeness (QED) is 0.849. The van der Waals surface area contributed by atoms with Gasteiger partial charge in [0.1, 0.15) is 5.82 Å². The average Bonchev–Trinajstić information content (AvgIpc) is 3.03. The van der Waals surface area contributed by atoms with Crippen molar-refractivity contribution in [1.29, 1.82) is 0 Å². The van der Waals surface area contributed by atoms with Gasteiger partial charge in [-0.15, -0.1) is 0 Å². The highest BCUT2D eigenvalue weighted by atomic mass is 19.1. The zero-order chi connectivity index (χ0) is 15.7. The Hall–Kier alpha value is -1.42. The van der Waals surface area contributed by atoms with E-state index in [1.54, 1.807) is 12.1 Å². The Morgan fingerprint density at radius 1 is 1.32 bits per heavy atom. The minimum atomic E-state index is -0.220. The number of fused-ring (bicyclic) bond motifs is 2. The number of benzene rings is 1. The van der Waals surface area contributed by atoms with Gasteiger partial charge in [-0.3, -0.25) is 4.79 Å². The molecule has 1 aromatic carbocycles. The molecule has 120 valence electrons. The topological polar surface area (TPSA) is 38.3 Å². The van der Waals surface area contributed by atoms with Gasteiger partial charge in [0.2, 0.25) is 0 Å². The number of hydrogen-bond acceptors (Lipinski definition) is 3. The summed E-state index contributed by atoms with van der Waals surface area (Å²) in [4.78, 5) is 12.3. The van der Waals surface area contributed by atoms with Gasteiger partial charge in [-0.05, 0) is 55.2 Å². The third-order valence-electron chi connectivity index (χ3n) is 5.35. The third-order valence-corrected chi connectivity index (χ3v) is 5.35. The maximum Gasteiger partial charge on any atom is 0.310 e. The van der Waals surface area contributed by atoms with Crippen LogP contribution in [-0.4, -0.2) is 18.6 Å². The van der Waals surface area contributed by atoms with Gasteiger partial charge in [-0.25, -0.2) is 4.39 Å². The number of carbonyl (C=O) groups excluding carboxylic acids is 1. The summed E-state index contributed by atoms with van der Waals surface area (Å²) in [5.41, 5.74) is 1.04. The molecule has 0 aromatic heterocycles. The molecule has 1 aromatic rings. The second-order valence-electron chi connectivity index (χ2n) is 6.68. The molecular weight excluding hydrogens is 281 g/mol. The fourth-order valence-electron chi connectivity index (χ4n) is 4.38. The SMILES string of the molecule is CCOC(=O)C1C2CC(CC2C)C1NCc1ccc(F)cc1. The highest BCUT2D eigenvalue weighted by Gasteiger charge is 2.54. The Morgan fingerprint density at radius 3 is 2.73 bits per heavy atom. The number of esters is 1. The maximum absolute atomic E-state index is 13.0. The van der Waals surface area contributed by atoms with E-state index < -0.39 is 0 Å². The summed E-state index contributed by atoms with van der Waals surface area (Å²) in [6.45, 7) is 5.20. The summed E-state index contributed by atoms with van der Waals surface area (Å²) >= 11 is 0. The van der Waals surface area contributed by atoms with E-state index in [-0.39, 0.29) is 23.7 Å². The first-order valence-corrected chi connectivity index (χ1v) is 8.24. The molecule has 2 aliphatic carbocycles. The van der Waals surface area contributed by atoms with E-state index >= 15 is 0 Å². The van der Waals surface area contributed by atoms with Gasteiger partial charge in [0, 0.05) is 12.6 Å². The van der Waals surface area contributed by atoms with Gasteiger partial charge in [0.25, 0.3) is 0 Å². The molecule has 0 spiro atoms. The maximum atomic E-state index is 13.0. The van der Waals surface area contributed by atoms with E-state index in [0.717, 1.165) is 12.0 Å². The number of hydrogen-bond donors (Lipinski definition) is 1. The van der Waals surface area contributed by atoms with Crippen LogP contribution in [0.1, 0.15) is 32.3 Å². The first kappa shape index (κ1) is 15.5. The highest BCUT2D eigenvalue weighted by Crippen LogP contribution is 2.52. The summed E-state index contributed by atoms with van der Waals surface area (Å²) in [7, 11) is 0. The van der Waals surface area contributed by atoms with Crippen LogP contribution in [0.4, 0.5) is 4.39 Å². The van der Waals surface area contributed by atoms with Gasteiger partial charge in [0.15, 0.2) is 0 Å². The van der Waals surface area contributed by atoms with Crippen molar-refractivity contribution in [2.75, 3.05) is 6.61 Å². The lowest BCUT2D eigenvalue weighted by Gasteiger charge is -2.33. The Balaban J connectivity index is 1.68. The molecule has 22 heavy (non-hydrogen) atoms. The summed E-state index contributed by atoms with van der Waals surface area (Å²) in [6.07, 6.45) is 2.30. The largest absolute Gasteiger partial charge is 0.466 e. The van der Waals surface area contributed by atoms with Gasteiger partial charge in [0.05, 0.1) is 12.5 Å². The average molecular weight is 305 g/mol. The monoisotopic (exact) mass is 305 g/mol. The van der Waals surface area contributed by atoms with Crippen LogP contribution in [0.15, 0.2) is 24.3 Å². The number of rotatable bonds is 5. The van der Waals surface area contributed by atoms with Gasteiger partial charge in [-0.1, -0.05) is 19.1 Å².